The zero-order chi connectivity index (χ0) is 83.5. The molecule has 0 spiro atoms. The van der Waals surface area contributed by atoms with E-state index in [0.29, 0.717) is 54.0 Å². The number of methoxy groups -OCH3 is 5. The summed E-state index contributed by atoms with van der Waals surface area (Å²) in [5.74, 6) is -14.4. The van der Waals surface area contributed by atoms with Crippen molar-refractivity contribution >= 4 is 21.8 Å². The van der Waals surface area contributed by atoms with Crippen LogP contribution >= 0.6 is 0 Å². The van der Waals surface area contributed by atoms with Crippen LogP contribution in [0.3, 0.4) is 0 Å². The minimum absolute atomic E-state index is 0.000995. The van der Waals surface area contributed by atoms with Crippen LogP contribution in [0.1, 0.15) is 198 Å². The lowest BCUT2D eigenvalue weighted by Gasteiger charge is -2.35. The molecule has 14 rings (SSSR count). The average molecular weight is 1630 g/mol. The normalized spacial score (nSPS) is 23.6. The average Bonchev–Trinajstić information content (AvgIpc) is 1.63. The van der Waals surface area contributed by atoms with Crippen LogP contribution in [0.15, 0.2) is 66.7 Å². The molecular weight excluding hydrogens is 1520 g/mol. The number of nitrogens with zero attached hydrogens (tertiary/aromatic N) is 12. The molecule has 0 aromatic carbocycles. The van der Waals surface area contributed by atoms with Gasteiger partial charge in [0.25, 0.3) is 33.8 Å². The lowest BCUT2D eigenvalue weighted by atomic mass is 9.84. The summed E-state index contributed by atoms with van der Waals surface area (Å²) in [5.41, 5.74) is 14.6. The Morgan fingerprint density at radius 2 is 0.804 bits per heavy atom. The number of aliphatic hydroxyl groups excluding tert-OH is 1. The molecule has 626 valence electrons. The summed E-state index contributed by atoms with van der Waals surface area (Å²) in [4.78, 5) is 0. The Balaban J connectivity index is 0.000000168. The smallest absolute Gasteiger partial charge is 0.393 e. The van der Waals surface area contributed by atoms with E-state index in [1.54, 1.807) is 71.3 Å². The summed E-state index contributed by atoms with van der Waals surface area (Å²) in [5, 5.41) is 30.4. The number of rotatable bonds is 19. The van der Waals surface area contributed by atoms with E-state index in [1.165, 1.54) is 42.9 Å². The van der Waals surface area contributed by atoms with Gasteiger partial charge in [0.2, 0.25) is 0 Å². The van der Waals surface area contributed by atoms with E-state index < -0.39 is 51.6 Å². The summed E-state index contributed by atoms with van der Waals surface area (Å²) in [6.07, 6.45) is 5.80. The predicted molar refractivity (Wildman–Crippen MR) is 391 cm³/mol. The Morgan fingerprint density at radius 3 is 1.16 bits per heavy atom. The van der Waals surface area contributed by atoms with Gasteiger partial charge in [0, 0.05) is 128 Å². The van der Waals surface area contributed by atoms with Gasteiger partial charge in [0.1, 0.15) is 45.9 Å². The molecule has 6 saturated carbocycles. The minimum Gasteiger partial charge on any atom is -0.393 e. The van der Waals surface area contributed by atoms with Gasteiger partial charge < -0.3 is 54.0 Å². The number of nitrogen functional groups attached to an aromatic ring is 2. The molecule has 6 aliphatic carbocycles. The molecule has 0 unspecified atom stereocenters. The van der Waals surface area contributed by atoms with E-state index in [2.05, 4.69) is 32.4 Å². The van der Waals surface area contributed by atoms with Crippen molar-refractivity contribution < 1.29 is 98.5 Å². The maximum absolute atomic E-state index is 14.0. The first kappa shape index (κ1) is 89.8. The molecule has 6 aliphatic rings. The van der Waals surface area contributed by atoms with Crippen molar-refractivity contribution in [2.45, 2.75) is 256 Å². The Kier molecular flexibility index (Phi) is 28.5. The molecule has 0 aliphatic heterocycles. The van der Waals surface area contributed by atoms with Crippen LogP contribution < -0.4 is 11.5 Å². The molecule has 8 aromatic heterocycles. The van der Waals surface area contributed by atoms with E-state index >= 15 is 0 Å². The van der Waals surface area contributed by atoms with Crippen LogP contribution in [0.4, 0.5) is 68.7 Å². The zero-order valence-electron chi connectivity index (χ0n) is 65.8. The number of hydrogen-bond acceptors (Lipinski definition) is 16. The standard InChI is InChI=1S/2C16H21F2N3O.C11H10F5N3.2C10H15F2N3O.C6H12O3S.C5H10O2/c1-10-5-6-11(2)20(10)15-9-14(16(3,17)18)21(19-15)12-7-13(8-12)22-4;1-10-5-6-11(2)20(10)15-9-14(16(3,17)18)19-21(15)12-7-13(8-12)22-4;1-6-3-4-7(2)19(6)9-5-8(17-18-9)10(12,13)11(14,15)16;1-10(11,12)8-5-9(13)14-15(8)6-3-7(4-6)16-2;1-10(11,12)8-5-9(13)15(14-8)6-3-7(4-6)16-2;1-5-3-6(4-5)9-10(2,7)8;1-7-5-2-4(6)3-5/h2*5-6,9,12-13H,7-8H2,1-4H3;3-5H,1-2H3,(H,17,18);5-7H,3-4H2,1-2H3,(H2,13,14);5-7H,3-4,13H2,1-2H3;5-6H,3-4H2,1-2H3;4-6H,2-3H2,1H3. The van der Waals surface area contributed by atoms with Crippen molar-refractivity contribution in [1.82, 2.24) is 63.0 Å². The summed E-state index contributed by atoms with van der Waals surface area (Å²) in [6.45, 7) is 16.8. The summed E-state index contributed by atoms with van der Waals surface area (Å²) >= 11 is 0. The highest BCUT2D eigenvalue weighted by molar-refractivity contribution is 7.86. The lowest BCUT2D eigenvalue weighted by molar-refractivity contribution is -0.290. The van der Waals surface area contributed by atoms with Crippen LogP contribution in [0.5, 0.6) is 0 Å². The molecule has 6 N–H and O–H groups in total. The number of H-pyrrole nitrogens is 1. The highest BCUT2D eigenvalue weighted by atomic mass is 32.2. The van der Waals surface area contributed by atoms with E-state index in [-0.39, 0.29) is 101 Å². The number of aromatic nitrogens is 13. The third kappa shape index (κ3) is 22.0. The van der Waals surface area contributed by atoms with E-state index in [1.807, 2.05) is 61.1 Å². The van der Waals surface area contributed by atoms with Gasteiger partial charge in [0.05, 0.1) is 73.2 Å². The molecule has 0 saturated heterocycles. The Bertz CT molecular complexity index is 4400. The highest BCUT2D eigenvalue weighted by Crippen LogP contribution is 2.46. The molecule has 24 nitrogen and oxygen atoms in total. The fourth-order valence-electron chi connectivity index (χ4n) is 13.5. The molecule has 112 heavy (non-hydrogen) atoms. The number of hydrogen-bond donors (Lipinski definition) is 4. The molecular formula is C74H104F13N15O9S. The number of nitrogens with one attached hydrogen (secondary N) is 1. The number of anilines is 2. The topological polar surface area (TPSA) is 277 Å². The Hall–Kier alpha value is -7.75. The minimum atomic E-state index is -5.66. The number of aromatic amines is 1. The number of ether oxygens (including phenoxy) is 5. The fraction of sp³-hybridized carbons (Fsp3) is 0.635. The van der Waals surface area contributed by atoms with Crippen molar-refractivity contribution in [3.63, 3.8) is 0 Å². The third-order valence-electron chi connectivity index (χ3n) is 20.6. The molecule has 8 heterocycles. The summed E-state index contributed by atoms with van der Waals surface area (Å²) in [7, 11) is 5.05. The highest BCUT2D eigenvalue weighted by Gasteiger charge is 2.60. The third-order valence-corrected chi connectivity index (χ3v) is 21.2. The van der Waals surface area contributed by atoms with E-state index in [0.717, 1.165) is 121 Å². The maximum atomic E-state index is 14.0. The first-order valence-electron chi connectivity index (χ1n) is 36.5. The van der Waals surface area contributed by atoms with Crippen molar-refractivity contribution in [2.24, 2.45) is 5.92 Å². The Morgan fingerprint density at radius 1 is 0.446 bits per heavy atom. The second-order valence-electron chi connectivity index (χ2n) is 30.0. The van der Waals surface area contributed by atoms with Crippen LogP contribution in [-0.2, 0) is 67.6 Å². The second kappa shape index (κ2) is 35.6. The first-order valence-corrected chi connectivity index (χ1v) is 38.3. The van der Waals surface area contributed by atoms with Gasteiger partial charge in [-0.2, -0.15) is 91.0 Å². The molecule has 0 amide bonds. The van der Waals surface area contributed by atoms with Gasteiger partial charge in [-0.05, 0) is 161 Å². The lowest BCUT2D eigenvalue weighted by Crippen LogP contribution is -2.35. The predicted octanol–water partition coefficient (Wildman–Crippen LogP) is 15.7. The van der Waals surface area contributed by atoms with Crippen molar-refractivity contribution in [3.8, 4) is 17.5 Å². The number of halogens is 13. The van der Waals surface area contributed by atoms with Gasteiger partial charge in [-0.25, -0.2) is 9.36 Å². The quantitative estimate of drug-likeness (QED) is 0.0432. The molecule has 0 bridgehead atoms. The molecule has 38 heteroatoms. The first-order chi connectivity index (χ1) is 51.9. The number of nitrogens with two attached hydrogens (primary N) is 2. The van der Waals surface area contributed by atoms with Crippen molar-refractivity contribution in [1.29, 1.82) is 0 Å². The molecule has 8 aromatic rings. The monoisotopic (exact) mass is 1630 g/mol. The Labute approximate surface area is 642 Å². The van der Waals surface area contributed by atoms with Gasteiger partial charge in [-0.3, -0.25) is 18.6 Å². The van der Waals surface area contributed by atoms with Crippen molar-refractivity contribution in [3.05, 3.63) is 129 Å². The van der Waals surface area contributed by atoms with Crippen LogP contribution in [-0.4, -0.2) is 167 Å². The molecule has 6 fully saturated rings. The SMILES string of the molecule is CC1CC(OS(C)(=O)=O)C1.COC1CC(O)C1.COC1CC(n2nc(-n3c(C)ccc3C)cc2C(C)(F)F)C1.COC1CC(n2nc(C(C)(F)F)cc2-n2c(C)ccc2C)C1.COC1CC(n2nc(C(C)(F)F)cc2N)C1.COC1CC(n2nc(N)cc2C(C)(F)F)C1.Cc1ccc(C)n1-c1cc(C(F)(F)C(F)(F)F)[nH]n1. The largest absolute Gasteiger partial charge is 0.459 e. The second-order valence-corrected chi connectivity index (χ2v) is 31.6. The van der Waals surface area contributed by atoms with E-state index in [9.17, 15) is 65.5 Å². The van der Waals surface area contributed by atoms with E-state index in [4.69, 9.17) is 44.4 Å². The van der Waals surface area contributed by atoms with Crippen LogP contribution in [0.2, 0.25) is 0 Å². The summed E-state index contributed by atoms with van der Waals surface area (Å²) < 4.78 is 234. The van der Waals surface area contributed by atoms with Gasteiger partial charge >= 0.3 is 12.1 Å². The van der Waals surface area contributed by atoms with Crippen molar-refractivity contribution in [2.75, 3.05) is 53.3 Å². The van der Waals surface area contributed by atoms with Crippen LogP contribution in [0.25, 0.3) is 17.5 Å². The number of aliphatic hydroxyl groups is 1. The van der Waals surface area contributed by atoms with Gasteiger partial charge in [-0.15, -0.1) is 0 Å². The molecule has 0 radical (unpaired) electrons. The fourth-order valence-corrected chi connectivity index (χ4v) is 14.2. The van der Waals surface area contributed by atoms with Gasteiger partial charge in [0.15, 0.2) is 11.6 Å². The molecule has 0 atom stereocenters. The number of alkyl halides is 13. The van der Waals surface area contributed by atoms with Gasteiger partial charge in [-0.1, -0.05) is 6.92 Å². The maximum Gasteiger partial charge on any atom is 0.459 e. The van der Waals surface area contributed by atoms with Crippen LogP contribution in [0, 0.1) is 47.5 Å². The number of aryl methyl sites for hydroxylation is 6. The summed E-state index contributed by atoms with van der Waals surface area (Å²) in [6, 6.07) is 17.6. The zero-order valence-corrected chi connectivity index (χ0v) is 66.6.